The van der Waals surface area contributed by atoms with Crippen molar-refractivity contribution in [3.8, 4) is 0 Å². The fourth-order valence-corrected chi connectivity index (χ4v) is 2.35. The largest absolute Gasteiger partial charge is 0.108 e. The highest BCUT2D eigenvalue weighted by molar-refractivity contribution is 14.1. The lowest BCUT2D eigenvalue weighted by Crippen LogP contribution is -1.81. The summed E-state index contributed by atoms with van der Waals surface area (Å²) in [7, 11) is 0. The normalized spacial score (nSPS) is 8.93. The van der Waals surface area contributed by atoms with Gasteiger partial charge in [0, 0.05) is 7.14 Å². The van der Waals surface area contributed by atoms with Crippen molar-refractivity contribution >= 4 is 56.0 Å². The molecule has 0 amide bonds. The Morgan fingerprint density at radius 3 is 2.33 bits per heavy atom. The maximum Gasteiger partial charge on any atom is 0.0342 e. The van der Waals surface area contributed by atoms with Gasteiger partial charge in [-0.25, -0.2) is 0 Å². The summed E-state index contributed by atoms with van der Waals surface area (Å²) < 4.78 is 2.68. The molecule has 0 saturated carbocycles. The van der Waals surface area contributed by atoms with Crippen molar-refractivity contribution < 1.29 is 0 Å². The molecular formula is C10H7I2N3. The summed E-state index contributed by atoms with van der Waals surface area (Å²) in [5, 5.41) is 2.67. The van der Waals surface area contributed by atoms with Crippen LogP contribution in [-0.4, -0.2) is 0 Å². The van der Waals surface area contributed by atoms with Gasteiger partial charge in [-0.2, -0.15) is 0 Å². The van der Waals surface area contributed by atoms with Gasteiger partial charge in [0.05, 0.1) is 0 Å². The Hall–Kier alpha value is -0.530. The standard InChI is InChI=1S/C10H6I2.HN3/c11-9-6-5-7-3-1-2-4-8(7)10(9)12;1-3-2/h1-6H;1H. The SMILES string of the molecule is Ic1ccc2ccccc2c1I.[N-]=[N+]=N. The van der Waals surface area contributed by atoms with E-state index in [0.29, 0.717) is 0 Å². The van der Waals surface area contributed by atoms with Crippen LogP contribution >= 0.6 is 45.2 Å². The van der Waals surface area contributed by atoms with Crippen molar-refractivity contribution in [2.75, 3.05) is 0 Å². The molecule has 15 heavy (non-hydrogen) atoms. The van der Waals surface area contributed by atoms with Crippen LogP contribution in [0.4, 0.5) is 0 Å². The fourth-order valence-electron chi connectivity index (χ4n) is 1.21. The zero-order chi connectivity index (χ0) is 11.3. The molecule has 0 saturated heterocycles. The summed E-state index contributed by atoms with van der Waals surface area (Å²) in [6.45, 7) is 0. The number of benzene rings is 2. The van der Waals surface area contributed by atoms with E-state index in [9.17, 15) is 0 Å². The van der Waals surface area contributed by atoms with Crippen LogP contribution in [0, 0.1) is 12.7 Å². The number of hydrogen-bond acceptors (Lipinski definition) is 1. The van der Waals surface area contributed by atoms with E-state index in [1.165, 1.54) is 17.9 Å². The summed E-state index contributed by atoms with van der Waals surface area (Å²) in [5.74, 6) is 0. The number of nitrogens with zero attached hydrogens (tertiary/aromatic N) is 2. The second-order valence-corrected chi connectivity index (χ2v) is 4.92. The van der Waals surface area contributed by atoms with E-state index >= 15 is 0 Å². The molecule has 2 aromatic carbocycles. The Bertz CT molecular complexity index is 505. The van der Waals surface area contributed by atoms with Gasteiger partial charge in [-0.15, -0.1) is 5.53 Å². The third-order valence-corrected chi connectivity index (χ3v) is 4.91. The number of rotatable bonds is 0. The molecule has 5 heteroatoms. The van der Waals surface area contributed by atoms with Gasteiger partial charge in [0.1, 0.15) is 0 Å². The fraction of sp³-hybridized carbons (Fsp3) is 0. The topological polar surface area (TPSA) is 60.3 Å². The van der Waals surface area contributed by atoms with Gasteiger partial charge < -0.3 is 0 Å². The molecule has 2 rings (SSSR count). The Balaban J connectivity index is 0.000000337. The molecule has 0 aromatic heterocycles. The van der Waals surface area contributed by atoms with E-state index in [2.05, 4.69) is 81.6 Å². The van der Waals surface area contributed by atoms with Gasteiger partial charge in [-0.05, 0) is 72.5 Å². The molecule has 0 aliphatic carbocycles. The Labute approximate surface area is 115 Å². The first-order valence-corrected chi connectivity index (χ1v) is 6.20. The maximum absolute atomic E-state index is 6.86. The maximum atomic E-state index is 6.86. The number of halogens is 2. The van der Waals surface area contributed by atoms with Crippen LogP contribution < -0.4 is 0 Å². The van der Waals surface area contributed by atoms with Crippen LogP contribution in [0.25, 0.3) is 21.2 Å². The lowest BCUT2D eigenvalue weighted by Gasteiger charge is -2.01. The Morgan fingerprint density at radius 1 is 1.07 bits per heavy atom. The Morgan fingerprint density at radius 2 is 1.67 bits per heavy atom. The molecule has 1 N–H and O–H groups in total. The van der Waals surface area contributed by atoms with Crippen LogP contribution in [0.2, 0.25) is 0 Å². The van der Waals surface area contributed by atoms with Crippen molar-refractivity contribution in [1.82, 2.24) is 0 Å². The molecule has 76 valence electrons. The zero-order valence-electron chi connectivity index (χ0n) is 7.61. The number of nitrogens with one attached hydrogen (secondary N) is 1. The highest BCUT2D eigenvalue weighted by Crippen LogP contribution is 2.24. The van der Waals surface area contributed by atoms with Crippen molar-refractivity contribution in [1.29, 1.82) is 5.53 Å². The molecule has 0 heterocycles. The smallest absolute Gasteiger partial charge is 0.0342 e. The van der Waals surface area contributed by atoms with E-state index < -0.39 is 0 Å². The molecule has 0 fully saturated rings. The minimum Gasteiger partial charge on any atom is -0.108 e. The lowest BCUT2D eigenvalue weighted by atomic mass is 10.1. The molecule has 0 aliphatic heterocycles. The van der Waals surface area contributed by atoms with Crippen LogP contribution in [0.1, 0.15) is 0 Å². The quantitative estimate of drug-likeness (QED) is 0.271. The second kappa shape index (κ2) is 6.14. The van der Waals surface area contributed by atoms with Gasteiger partial charge in [0.25, 0.3) is 0 Å². The predicted octanol–water partition coefficient (Wildman–Crippen LogP) is 4.92. The first kappa shape index (κ1) is 12.5. The molecule has 0 unspecified atom stereocenters. The zero-order valence-corrected chi connectivity index (χ0v) is 11.9. The van der Waals surface area contributed by atoms with Crippen molar-refractivity contribution in [3.63, 3.8) is 0 Å². The third-order valence-electron chi connectivity index (χ3n) is 1.82. The first-order chi connectivity index (χ1) is 7.20. The average Bonchev–Trinajstić information content (AvgIpc) is 2.25. The predicted molar refractivity (Wildman–Crippen MR) is 78.8 cm³/mol. The van der Waals surface area contributed by atoms with Gasteiger partial charge in [-0.1, -0.05) is 30.3 Å². The summed E-state index contributed by atoms with van der Waals surface area (Å²) in [6.07, 6.45) is 0. The van der Waals surface area contributed by atoms with Crippen LogP contribution in [-0.2, 0) is 0 Å². The van der Waals surface area contributed by atoms with Gasteiger partial charge in [0.2, 0.25) is 0 Å². The summed E-state index contributed by atoms with van der Waals surface area (Å²) in [5.41, 5.74) is 12.2. The molecule has 2 aromatic rings. The second-order valence-electron chi connectivity index (χ2n) is 2.68. The van der Waals surface area contributed by atoms with Crippen molar-refractivity contribution in [2.24, 2.45) is 0 Å². The number of fused-ring (bicyclic) bond motifs is 1. The molecule has 0 spiro atoms. The van der Waals surface area contributed by atoms with Crippen LogP contribution in [0.3, 0.4) is 0 Å². The molecule has 0 bridgehead atoms. The summed E-state index contributed by atoms with van der Waals surface area (Å²) >= 11 is 4.76. The molecule has 3 nitrogen and oxygen atoms in total. The van der Waals surface area contributed by atoms with Gasteiger partial charge >= 0.3 is 0 Å². The molecule has 0 radical (unpaired) electrons. The highest BCUT2D eigenvalue weighted by Gasteiger charge is 2.00. The monoisotopic (exact) mass is 423 g/mol. The van der Waals surface area contributed by atoms with Crippen molar-refractivity contribution in [2.45, 2.75) is 0 Å². The third kappa shape index (κ3) is 3.22. The number of hydrogen-bond donors (Lipinski definition) is 1. The average molecular weight is 423 g/mol. The van der Waals surface area contributed by atoms with E-state index in [4.69, 9.17) is 11.1 Å². The van der Waals surface area contributed by atoms with Crippen LogP contribution in [0.15, 0.2) is 36.4 Å². The summed E-state index contributed by atoms with van der Waals surface area (Å²) in [4.78, 5) is 1.75. The first-order valence-electron chi connectivity index (χ1n) is 4.04. The van der Waals surface area contributed by atoms with E-state index in [1.807, 2.05) is 0 Å². The molecule has 0 atom stereocenters. The Kier molecular flexibility index (Phi) is 5.13. The van der Waals surface area contributed by atoms with E-state index in [0.717, 1.165) is 0 Å². The molecule has 0 aliphatic rings. The van der Waals surface area contributed by atoms with Gasteiger partial charge in [-0.3, -0.25) is 0 Å². The molecular weight excluding hydrogens is 416 g/mol. The minimum atomic E-state index is 1.32. The van der Waals surface area contributed by atoms with Gasteiger partial charge in [0.15, 0.2) is 0 Å². The van der Waals surface area contributed by atoms with Crippen LogP contribution in [0.5, 0.6) is 0 Å². The van der Waals surface area contributed by atoms with Crippen molar-refractivity contribution in [3.05, 3.63) is 54.0 Å². The lowest BCUT2D eigenvalue weighted by molar-refractivity contribution is 1.45. The highest BCUT2D eigenvalue weighted by atomic mass is 127. The van der Waals surface area contributed by atoms with E-state index in [-0.39, 0.29) is 0 Å². The summed E-state index contributed by atoms with van der Waals surface area (Å²) in [6, 6.07) is 12.8. The van der Waals surface area contributed by atoms with E-state index in [1.54, 1.807) is 4.91 Å². The minimum absolute atomic E-state index is 1.32.